The molecular formula is C41H33F5N6O5S. The number of aromatic amines is 1. The van der Waals surface area contributed by atoms with Crippen LogP contribution in [0.15, 0.2) is 72.8 Å². The van der Waals surface area contributed by atoms with Crippen LogP contribution in [0.3, 0.4) is 0 Å². The predicted octanol–water partition coefficient (Wildman–Crippen LogP) is 6.92. The lowest BCUT2D eigenvalue weighted by atomic mass is 9.99. The minimum absolute atomic E-state index is 0.0555. The molecule has 4 aromatic carbocycles. The van der Waals surface area contributed by atoms with E-state index in [1.165, 1.54) is 55.1 Å². The van der Waals surface area contributed by atoms with Crippen LogP contribution in [0.25, 0.3) is 22.2 Å². The topological polar surface area (TPSA) is 140 Å². The van der Waals surface area contributed by atoms with Gasteiger partial charge in [-0.15, -0.1) is 0 Å². The Morgan fingerprint density at radius 2 is 1.74 bits per heavy atom. The minimum atomic E-state index is -4.86. The van der Waals surface area contributed by atoms with E-state index in [0.29, 0.717) is 35.5 Å². The molecule has 0 unspecified atom stereocenters. The third-order valence-electron chi connectivity index (χ3n) is 9.85. The Hall–Kier alpha value is -6.38. The van der Waals surface area contributed by atoms with Gasteiger partial charge in [0.25, 0.3) is 11.8 Å². The third kappa shape index (κ3) is 7.55. The molecule has 11 nitrogen and oxygen atoms in total. The van der Waals surface area contributed by atoms with Crippen LogP contribution in [0, 0.1) is 23.0 Å². The van der Waals surface area contributed by atoms with E-state index >= 15 is 4.39 Å². The summed E-state index contributed by atoms with van der Waals surface area (Å²) in [4.78, 5) is 43.9. The number of rotatable bonds is 11. The number of aromatic nitrogens is 1. The number of nitrogens with one attached hydrogen (secondary N) is 3. The zero-order valence-corrected chi connectivity index (χ0v) is 31.7. The summed E-state index contributed by atoms with van der Waals surface area (Å²) in [6, 6.07) is 18.2. The molecule has 5 aromatic rings. The zero-order chi connectivity index (χ0) is 41.5. The van der Waals surface area contributed by atoms with Crippen molar-refractivity contribution in [2.24, 2.45) is 0 Å². The van der Waals surface area contributed by atoms with Gasteiger partial charge in [-0.05, 0) is 91.6 Å². The van der Waals surface area contributed by atoms with Gasteiger partial charge in [0, 0.05) is 41.4 Å². The highest BCUT2D eigenvalue weighted by Gasteiger charge is 2.51. The van der Waals surface area contributed by atoms with Crippen LogP contribution in [0.5, 0.6) is 5.75 Å². The van der Waals surface area contributed by atoms with E-state index in [1.54, 1.807) is 0 Å². The SMILES string of the molecule is CC1(C)C(=O)N(c2ccc(C#N)c(C(F)(F)F)c2)C(=S)N1c1ccc(OCCOCC(=O)NCc2ccc(-c3[nH]c4cc(F)cc5c4c3CCNC5=O)cc2)c(F)c1. The lowest BCUT2D eigenvalue weighted by molar-refractivity contribution is -0.137. The second-order valence-electron chi connectivity index (χ2n) is 14.0. The number of nitriles is 1. The molecule has 58 heavy (non-hydrogen) atoms. The van der Waals surface area contributed by atoms with Gasteiger partial charge in [0.2, 0.25) is 5.91 Å². The molecule has 2 aliphatic heterocycles. The molecule has 17 heteroatoms. The molecule has 0 bridgehead atoms. The van der Waals surface area contributed by atoms with Crippen LogP contribution >= 0.6 is 12.2 Å². The normalized spacial score (nSPS) is 15.0. The van der Waals surface area contributed by atoms with E-state index in [9.17, 15) is 31.9 Å². The smallest absolute Gasteiger partial charge is 0.417 e. The minimum Gasteiger partial charge on any atom is -0.488 e. The molecule has 0 radical (unpaired) electrons. The van der Waals surface area contributed by atoms with E-state index in [4.69, 9.17) is 27.0 Å². The number of H-pyrrole nitrogens is 1. The second-order valence-corrected chi connectivity index (χ2v) is 14.4. The summed E-state index contributed by atoms with van der Waals surface area (Å²) in [5, 5.41) is 15.2. The maximum Gasteiger partial charge on any atom is 0.417 e. The number of anilines is 2. The number of alkyl halides is 3. The monoisotopic (exact) mass is 816 g/mol. The van der Waals surface area contributed by atoms with Crippen LogP contribution in [0.2, 0.25) is 0 Å². The third-order valence-corrected chi connectivity index (χ3v) is 10.2. The van der Waals surface area contributed by atoms with Crippen molar-refractivity contribution in [1.82, 2.24) is 15.6 Å². The summed E-state index contributed by atoms with van der Waals surface area (Å²) >= 11 is 5.51. The van der Waals surface area contributed by atoms with Gasteiger partial charge >= 0.3 is 6.18 Å². The first-order valence-electron chi connectivity index (χ1n) is 17.9. The standard InChI is InChI=1S/C41H33F5N6O5S/c1-40(2)38(55)51(26-8-7-24(19-47)30(17-26)41(44,45)46)39(58)52(40)27-9-10-33(31(43)18-27)57-14-13-56-21-34(53)49-20-22-3-5-23(6-4-22)36-28-11-12-48-37(54)29-15-25(42)16-32(50-36)35(28)29/h3-10,15-18,50H,11-14,20-21H2,1-2H3,(H,48,54)(H,49,53). The maximum absolute atomic E-state index is 15.3. The van der Waals surface area contributed by atoms with Gasteiger partial charge in [-0.1, -0.05) is 24.3 Å². The zero-order valence-electron chi connectivity index (χ0n) is 30.9. The average Bonchev–Trinajstić information content (AvgIpc) is 3.55. The molecule has 3 amide bonds. The fourth-order valence-corrected chi connectivity index (χ4v) is 7.58. The predicted molar refractivity (Wildman–Crippen MR) is 207 cm³/mol. The highest BCUT2D eigenvalue weighted by atomic mass is 32.1. The summed E-state index contributed by atoms with van der Waals surface area (Å²) in [5.74, 6) is -2.85. The number of hydrogen-bond acceptors (Lipinski definition) is 7. The number of nitrogens with zero attached hydrogens (tertiary/aromatic N) is 3. The number of hydrogen-bond donors (Lipinski definition) is 3. The largest absolute Gasteiger partial charge is 0.488 e. The van der Waals surface area contributed by atoms with Crippen molar-refractivity contribution in [1.29, 1.82) is 5.26 Å². The number of amides is 3. The Kier molecular flexibility index (Phi) is 10.7. The van der Waals surface area contributed by atoms with Crippen molar-refractivity contribution >= 4 is 57.3 Å². The molecule has 1 saturated heterocycles. The van der Waals surface area contributed by atoms with E-state index in [-0.39, 0.29) is 54.5 Å². The Morgan fingerprint density at radius 1 is 1.00 bits per heavy atom. The van der Waals surface area contributed by atoms with Gasteiger partial charge in [0.05, 0.1) is 35.1 Å². The summed E-state index contributed by atoms with van der Waals surface area (Å²) in [5.41, 5.74) is 0.889. The molecule has 0 aliphatic carbocycles. The lowest BCUT2D eigenvalue weighted by Gasteiger charge is -2.29. The van der Waals surface area contributed by atoms with E-state index in [1.807, 2.05) is 24.3 Å². The average molecular weight is 817 g/mol. The summed E-state index contributed by atoms with van der Waals surface area (Å²) in [6.07, 6.45) is -4.29. The fraction of sp³-hybridized carbons (Fsp3) is 0.244. The lowest BCUT2D eigenvalue weighted by Crippen LogP contribution is -2.44. The van der Waals surface area contributed by atoms with Gasteiger partial charge < -0.3 is 30.0 Å². The second kappa shape index (κ2) is 15.5. The highest BCUT2D eigenvalue weighted by molar-refractivity contribution is 7.81. The molecule has 3 N–H and O–H groups in total. The van der Waals surface area contributed by atoms with Crippen molar-refractivity contribution < 1.29 is 45.8 Å². The molecule has 0 spiro atoms. The van der Waals surface area contributed by atoms with Crippen molar-refractivity contribution in [2.45, 2.75) is 38.5 Å². The molecule has 298 valence electrons. The first-order chi connectivity index (χ1) is 27.6. The number of ether oxygens (including phenoxy) is 2. The van der Waals surface area contributed by atoms with Crippen LogP contribution in [-0.2, 0) is 33.5 Å². The molecule has 7 rings (SSSR count). The Bertz CT molecular complexity index is 2530. The highest BCUT2D eigenvalue weighted by Crippen LogP contribution is 2.41. The van der Waals surface area contributed by atoms with Crippen molar-refractivity contribution in [3.8, 4) is 23.1 Å². The number of halogens is 5. The molecular weight excluding hydrogens is 784 g/mol. The number of carbonyl (C=O) groups excluding carboxylic acids is 3. The molecule has 1 fully saturated rings. The van der Waals surface area contributed by atoms with E-state index in [0.717, 1.165) is 39.4 Å². The Morgan fingerprint density at radius 3 is 2.45 bits per heavy atom. The first-order valence-corrected chi connectivity index (χ1v) is 18.3. The van der Waals surface area contributed by atoms with Gasteiger partial charge in [-0.3, -0.25) is 19.3 Å². The number of benzene rings is 4. The molecule has 0 saturated carbocycles. The number of thiocarbonyl (C=S) groups is 1. The first kappa shape index (κ1) is 39.8. The maximum atomic E-state index is 15.3. The molecule has 0 atom stereocenters. The van der Waals surface area contributed by atoms with Crippen LogP contribution < -0.4 is 25.2 Å². The quantitative estimate of drug-likeness (QED) is 0.0743. The Labute approximate surface area is 333 Å². The van der Waals surface area contributed by atoms with Crippen molar-refractivity contribution in [3.05, 3.63) is 112 Å². The summed E-state index contributed by atoms with van der Waals surface area (Å²) in [7, 11) is 0. The summed E-state index contributed by atoms with van der Waals surface area (Å²) in [6.45, 7) is 3.16. The fourth-order valence-electron chi connectivity index (χ4n) is 7.06. The van der Waals surface area contributed by atoms with Crippen LogP contribution in [0.4, 0.5) is 33.3 Å². The van der Waals surface area contributed by atoms with Gasteiger partial charge in [-0.2, -0.15) is 18.4 Å². The van der Waals surface area contributed by atoms with Gasteiger partial charge in [0.1, 0.15) is 24.6 Å². The molecule has 3 heterocycles. The van der Waals surface area contributed by atoms with Crippen LogP contribution in [0.1, 0.15) is 46.5 Å². The number of carbonyl (C=O) groups is 3. The van der Waals surface area contributed by atoms with E-state index in [2.05, 4.69) is 15.6 Å². The van der Waals surface area contributed by atoms with Crippen LogP contribution in [-0.4, -0.2) is 59.7 Å². The Balaban J connectivity index is 0.902. The van der Waals surface area contributed by atoms with Gasteiger partial charge in [0.15, 0.2) is 16.7 Å². The molecule has 1 aromatic heterocycles. The summed E-state index contributed by atoms with van der Waals surface area (Å²) < 4.78 is 81.4. The van der Waals surface area contributed by atoms with Gasteiger partial charge in [-0.25, -0.2) is 8.78 Å². The van der Waals surface area contributed by atoms with E-state index < -0.39 is 46.3 Å². The molecule has 2 aliphatic rings. The van der Waals surface area contributed by atoms with Crippen molar-refractivity contribution in [2.75, 3.05) is 36.2 Å². The van der Waals surface area contributed by atoms with Crippen molar-refractivity contribution in [3.63, 3.8) is 0 Å².